The van der Waals surface area contributed by atoms with Crippen LogP contribution in [0.5, 0.6) is 0 Å². The van der Waals surface area contributed by atoms with Gasteiger partial charge in [-0.3, -0.25) is 0 Å². The van der Waals surface area contributed by atoms with Gasteiger partial charge in [-0.2, -0.15) is 0 Å². The summed E-state index contributed by atoms with van der Waals surface area (Å²) in [5.74, 6) is 0.289. The molecule has 0 bridgehead atoms. The van der Waals surface area contributed by atoms with Crippen molar-refractivity contribution in [3.63, 3.8) is 0 Å². The van der Waals surface area contributed by atoms with E-state index < -0.39 is 0 Å². The van der Waals surface area contributed by atoms with Crippen molar-refractivity contribution in [1.82, 2.24) is 0 Å². The van der Waals surface area contributed by atoms with Gasteiger partial charge in [-0.15, -0.1) is 18.6 Å². The standard InChI is InChI=1S/C10H8N3S2.2K/c1-7-2-4-8(5-3-7)9(12-6-11)13-10(14)15;;/h2-5H,1H3,(H,14,15);;/q-1;2*+1. The zero-order valence-electron chi connectivity index (χ0n) is 10.0. The van der Waals surface area contributed by atoms with Gasteiger partial charge < -0.3 is 10.4 Å². The van der Waals surface area contributed by atoms with Crippen LogP contribution in [0.1, 0.15) is 11.1 Å². The molecular weight excluding hydrogens is 304 g/mol. The van der Waals surface area contributed by atoms with Gasteiger partial charge in [0.25, 0.3) is 0 Å². The third-order valence-corrected chi connectivity index (χ3v) is 1.86. The van der Waals surface area contributed by atoms with Crippen LogP contribution in [0.25, 0.3) is 5.41 Å². The summed E-state index contributed by atoms with van der Waals surface area (Å²) in [7, 11) is 0. The third kappa shape index (κ3) is 8.70. The second-order valence-corrected chi connectivity index (χ2v) is 3.91. The molecule has 0 fully saturated rings. The Labute approximate surface area is 197 Å². The van der Waals surface area contributed by atoms with Crippen molar-refractivity contribution in [2.24, 2.45) is 9.98 Å². The number of amidine groups is 1. The number of nitrogens with zero attached hydrogens (tertiary/aromatic N) is 3. The van der Waals surface area contributed by atoms with Crippen LogP contribution in [0.4, 0.5) is 0 Å². The first-order chi connectivity index (χ1) is 7.13. The molecule has 3 nitrogen and oxygen atoms in total. The molecule has 1 aromatic carbocycles. The predicted molar refractivity (Wildman–Crippen MR) is 70.1 cm³/mol. The molecule has 0 atom stereocenters. The quantitative estimate of drug-likeness (QED) is 0.191. The second kappa shape index (κ2) is 11.8. The van der Waals surface area contributed by atoms with E-state index in [-0.39, 0.29) is 113 Å². The fourth-order valence-electron chi connectivity index (χ4n) is 0.995. The topological polar surface area (TPSA) is 47.0 Å². The molecule has 0 unspecified atom stereocenters. The minimum Gasteiger partial charge on any atom is -0.422 e. The minimum absolute atomic E-state index is 0. The van der Waals surface area contributed by atoms with E-state index in [0.29, 0.717) is 0 Å². The molecule has 0 spiro atoms. The van der Waals surface area contributed by atoms with E-state index in [0.717, 1.165) is 11.1 Å². The number of hydrogen-bond acceptors (Lipinski definition) is 1. The number of thiol groups is 1. The molecule has 0 amide bonds. The molecule has 0 radical (unpaired) electrons. The van der Waals surface area contributed by atoms with Crippen molar-refractivity contribution in [1.29, 1.82) is 0 Å². The Kier molecular flexibility index (Phi) is 14.7. The van der Waals surface area contributed by atoms with E-state index in [1.165, 1.54) is 0 Å². The van der Waals surface area contributed by atoms with Crippen molar-refractivity contribution in [3.05, 3.63) is 40.8 Å². The zero-order chi connectivity index (χ0) is 11.3. The van der Waals surface area contributed by atoms with Crippen molar-refractivity contribution >= 4 is 41.0 Å². The number of aryl methyl sites for hydroxylation is 1. The minimum atomic E-state index is 0. The predicted octanol–water partition coefficient (Wildman–Crippen LogP) is -3.29. The average Bonchev–Trinajstić information content (AvgIpc) is 2.17. The summed E-state index contributed by atoms with van der Waals surface area (Å²) in [4.78, 5) is 7.47. The molecule has 0 saturated heterocycles. The summed E-state index contributed by atoms with van der Waals surface area (Å²) in [5, 5.41) is 8.50. The van der Waals surface area contributed by atoms with Crippen LogP contribution in [0.15, 0.2) is 34.3 Å². The first-order valence-corrected chi connectivity index (χ1v) is 4.97. The fraction of sp³-hybridized carbons (Fsp3) is 0.100. The SMILES string of the molecule is Cc1ccc(C(N=C=[N-])=NC(=S)S)cc1.[K+].[K+]. The Morgan fingerprint density at radius 2 is 1.82 bits per heavy atom. The molecule has 7 heteroatoms. The molecule has 0 N–H and O–H groups in total. The van der Waals surface area contributed by atoms with Crippen LogP contribution in [0.3, 0.4) is 0 Å². The van der Waals surface area contributed by atoms with Gasteiger partial charge >= 0.3 is 103 Å². The van der Waals surface area contributed by atoms with Crippen LogP contribution >= 0.6 is 24.8 Å². The van der Waals surface area contributed by atoms with Crippen LogP contribution < -0.4 is 103 Å². The van der Waals surface area contributed by atoms with Gasteiger partial charge in [0.15, 0.2) is 4.32 Å². The molecule has 0 aliphatic heterocycles. The van der Waals surface area contributed by atoms with Crippen molar-refractivity contribution < 1.29 is 103 Å². The number of benzene rings is 1. The van der Waals surface area contributed by atoms with Crippen LogP contribution in [-0.2, 0) is 0 Å². The monoisotopic (exact) mass is 312 g/mol. The molecule has 1 rings (SSSR count). The van der Waals surface area contributed by atoms with Crippen molar-refractivity contribution in [2.75, 3.05) is 0 Å². The molecule has 1 aromatic rings. The summed E-state index contributed by atoms with van der Waals surface area (Å²) in [6, 6.07) is 9.19. The van der Waals surface area contributed by atoms with E-state index >= 15 is 0 Å². The third-order valence-electron chi connectivity index (χ3n) is 1.67. The molecule has 0 aliphatic carbocycles. The zero-order valence-corrected chi connectivity index (χ0v) is 18.0. The molecular formula is C10H8K2N3S2+. The molecule has 0 aliphatic rings. The molecule has 76 valence electrons. The van der Waals surface area contributed by atoms with Gasteiger partial charge in [0, 0.05) is 0 Å². The Bertz CT molecular complexity index is 451. The molecule has 0 saturated carbocycles. The Morgan fingerprint density at radius 1 is 1.29 bits per heavy atom. The van der Waals surface area contributed by atoms with Gasteiger partial charge in [-0.1, -0.05) is 42.0 Å². The van der Waals surface area contributed by atoms with Gasteiger partial charge in [0.05, 0.1) is 5.84 Å². The summed E-state index contributed by atoms with van der Waals surface area (Å²) in [6.45, 7) is 1.98. The van der Waals surface area contributed by atoms with Gasteiger partial charge in [0.2, 0.25) is 0 Å². The van der Waals surface area contributed by atoms with Gasteiger partial charge in [-0.25, -0.2) is 4.99 Å². The molecule has 0 aromatic heterocycles. The summed E-state index contributed by atoms with van der Waals surface area (Å²) < 4.78 is 0.157. The van der Waals surface area contributed by atoms with Crippen LogP contribution in [0.2, 0.25) is 0 Å². The maximum atomic E-state index is 8.50. The van der Waals surface area contributed by atoms with E-state index in [9.17, 15) is 0 Å². The summed E-state index contributed by atoms with van der Waals surface area (Å²) >= 11 is 8.59. The number of thiocarbonyl (C=S) groups is 1. The van der Waals surface area contributed by atoms with Crippen molar-refractivity contribution in [2.45, 2.75) is 6.92 Å². The van der Waals surface area contributed by atoms with Crippen molar-refractivity contribution in [3.8, 4) is 0 Å². The number of hydrogen-bond donors (Lipinski definition) is 1. The maximum absolute atomic E-state index is 8.50. The summed E-state index contributed by atoms with van der Waals surface area (Å²) in [6.07, 6.45) is 0. The Hall–Kier alpha value is 1.98. The molecule has 0 heterocycles. The Morgan fingerprint density at radius 3 is 2.24 bits per heavy atom. The molecule has 17 heavy (non-hydrogen) atoms. The Balaban J connectivity index is 0. The van der Waals surface area contributed by atoms with E-state index in [1.807, 2.05) is 31.2 Å². The first-order valence-electron chi connectivity index (χ1n) is 4.12. The largest absolute Gasteiger partial charge is 1.00 e. The normalized spacial score (nSPS) is 9.41. The summed E-state index contributed by atoms with van der Waals surface area (Å²) in [5.41, 5.74) is 1.88. The fourth-order valence-corrected chi connectivity index (χ4v) is 1.18. The van der Waals surface area contributed by atoms with E-state index in [4.69, 9.17) is 17.6 Å². The maximum Gasteiger partial charge on any atom is 1.00 e. The average molecular weight is 313 g/mol. The van der Waals surface area contributed by atoms with Gasteiger partial charge in [0.1, 0.15) is 0 Å². The van der Waals surface area contributed by atoms with E-state index in [1.54, 1.807) is 6.01 Å². The number of rotatable bonds is 1. The van der Waals surface area contributed by atoms with Gasteiger partial charge in [-0.05, 0) is 12.5 Å². The number of aliphatic imine (C=N–C) groups is 2. The van der Waals surface area contributed by atoms with Crippen LogP contribution in [-0.4, -0.2) is 16.2 Å². The van der Waals surface area contributed by atoms with E-state index in [2.05, 4.69) is 22.6 Å². The van der Waals surface area contributed by atoms with Crippen LogP contribution in [0, 0.1) is 6.92 Å². The first kappa shape index (κ1) is 21.3. The second-order valence-electron chi connectivity index (χ2n) is 2.80. The smallest absolute Gasteiger partial charge is 0.422 e.